The van der Waals surface area contributed by atoms with E-state index in [-0.39, 0.29) is 29.3 Å². The number of aromatic nitrogens is 3. The third-order valence-corrected chi connectivity index (χ3v) is 4.97. The van der Waals surface area contributed by atoms with Crippen LogP contribution in [0.1, 0.15) is 46.7 Å². The van der Waals surface area contributed by atoms with Gasteiger partial charge in [-0.15, -0.1) is 0 Å². The van der Waals surface area contributed by atoms with Crippen molar-refractivity contribution >= 4 is 16.8 Å². The van der Waals surface area contributed by atoms with Crippen LogP contribution in [-0.2, 0) is 11.2 Å². The third-order valence-electron chi connectivity index (χ3n) is 4.97. The number of halogens is 1. The second-order valence-electron chi connectivity index (χ2n) is 6.96. The van der Waals surface area contributed by atoms with Crippen LogP contribution in [0, 0.1) is 37.9 Å². The van der Waals surface area contributed by atoms with Crippen LogP contribution in [0.25, 0.3) is 10.9 Å². The minimum absolute atomic E-state index is 0.160. The predicted octanol–water partition coefficient (Wildman–Crippen LogP) is 2.67. The smallest absolute Gasteiger partial charge is 0.252 e. The number of nitriles is 1. The fraction of sp³-hybridized carbons (Fsp3) is 0.286. The first-order chi connectivity index (χ1) is 13.7. The van der Waals surface area contributed by atoms with E-state index >= 15 is 0 Å². The lowest BCUT2D eigenvalue weighted by Gasteiger charge is -2.15. The maximum atomic E-state index is 14.0. The largest absolute Gasteiger partial charge is 0.346 e. The number of nitrogens with zero attached hydrogens (tertiary/aromatic N) is 3. The summed E-state index contributed by atoms with van der Waals surface area (Å²) in [5, 5.41) is 12.3. The van der Waals surface area contributed by atoms with Crippen molar-refractivity contribution in [2.75, 3.05) is 0 Å². The fourth-order valence-electron chi connectivity index (χ4n) is 3.33. The topological polar surface area (TPSA) is 112 Å². The van der Waals surface area contributed by atoms with Gasteiger partial charge >= 0.3 is 0 Å². The third kappa shape index (κ3) is 3.85. The number of pyridine rings is 1. The Kier molecular flexibility index (Phi) is 5.41. The maximum Gasteiger partial charge on any atom is 0.252 e. The lowest BCUT2D eigenvalue weighted by Crippen LogP contribution is -2.31. The van der Waals surface area contributed by atoms with Gasteiger partial charge in [-0.3, -0.25) is 9.59 Å². The van der Waals surface area contributed by atoms with Crippen molar-refractivity contribution in [2.24, 2.45) is 0 Å². The predicted molar refractivity (Wildman–Crippen MR) is 106 cm³/mol. The van der Waals surface area contributed by atoms with Crippen molar-refractivity contribution in [2.45, 2.75) is 40.2 Å². The molecule has 0 bridgehead atoms. The van der Waals surface area contributed by atoms with Gasteiger partial charge in [0.05, 0.1) is 23.7 Å². The van der Waals surface area contributed by atoms with Crippen LogP contribution in [0.2, 0.25) is 0 Å². The summed E-state index contributed by atoms with van der Waals surface area (Å²) in [6, 6.07) is 4.31. The van der Waals surface area contributed by atoms with Gasteiger partial charge in [0, 0.05) is 22.7 Å². The van der Waals surface area contributed by atoms with Crippen LogP contribution >= 0.6 is 0 Å². The van der Waals surface area contributed by atoms with Crippen LogP contribution in [0.3, 0.4) is 0 Å². The number of rotatable bonds is 4. The Labute approximate surface area is 166 Å². The molecule has 8 heteroatoms. The molecular formula is C21H20FN5O2. The van der Waals surface area contributed by atoms with Gasteiger partial charge < -0.3 is 10.3 Å². The first-order valence-corrected chi connectivity index (χ1v) is 9.06. The van der Waals surface area contributed by atoms with Crippen molar-refractivity contribution in [3.05, 3.63) is 68.3 Å². The Bertz CT molecular complexity index is 1230. The molecule has 0 saturated heterocycles. The van der Waals surface area contributed by atoms with Crippen LogP contribution in [0.5, 0.6) is 0 Å². The zero-order valence-electron chi connectivity index (χ0n) is 16.6. The molecule has 1 atom stereocenters. The van der Waals surface area contributed by atoms with Crippen molar-refractivity contribution in [1.82, 2.24) is 20.3 Å². The average molecular weight is 393 g/mol. The van der Waals surface area contributed by atoms with E-state index in [1.54, 1.807) is 27.7 Å². The maximum absolute atomic E-state index is 14.0. The Morgan fingerprint density at radius 2 is 2.03 bits per heavy atom. The summed E-state index contributed by atoms with van der Waals surface area (Å²) in [6.45, 7) is 6.76. The number of aromatic amines is 1. The molecule has 7 nitrogen and oxygen atoms in total. The van der Waals surface area contributed by atoms with Gasteiger partial charge in [0.25, 0.3) is 5.56 Å². The molecule has 0 unspecified atom stereocenters. The first kappa shape index (κ1) is 20.1. The number of amides is 1. The van der Waals surface area contributed by atoms with E-state index in [4.69, 9.17) is 5.26 Å². The molecule has 3 rings (SSSR count). The zero-order valence-corrected chi connectivity index (χ0v) is 16.6. The number of aryl methyl sites for hydroxylation is 3. The van der Waals surface area contributed by atoms with Crippen molar-refractivity contribution in [3.8, 4) is 6.07 Å². The molecule has 3 aromatic rings. The highest BCUT2D eigenvalue weighted by Gasteiger charge is 2.18. The molecule has 29 heavy (non-hydrogen) atoms. The molecular weight excluding hydrogens is 373 g/mol. The quantitative estimate of drug-likeness (QED) is 0.708. The van der Waals surface area contributed by atoms with E-state index in [0.717, 1.165) is 0 Å². The molecule has 0 aliphatic rings. The van der Waals surface area contributed by atoms with Gasteiger partial charge in [-0.05, 0) is 51.0 Å². The van der Waals surface area contributed by atoms with Crippen molar-refractivity contribution in [3.63, 3.8) is 0 Å². The van der Waals surface area contributed by atoms with E-state index in [0.29, 0.717) is 39.1 Å². The van der Waals surface area contributed by atoms with E-state index in [1.807, 2.05) is 6.07 Å². The highest BCUT2D eigenvalue weighted by atomic mass is 19.1. The Hall–Kier alpha value is -3.60. The monoisotopic (exact) mass is 393 g/mol. The minimum atomic E-state index is -0.507. The summed E-state index contributed by atoms with van der Waals surface area (Å²) in [5.41, 5.74) is 2.33. The summed E-state index contributed by atoms with van der Waals surface area (Å²) in [4.78, 5) is 36.1. The summed E-state index contributed by atoms with van der Waals surface area (Å²) >= 11 is 0. The van der Waals surface area contributed by atoms with Gasteiger partial charge in [-0.25, -0.2) is 14.4 Å². The summed E-state index contributed by atoms with van der Waals surface area (Å²) < 4.78 is 14.0. The number of hydrogen-bond acceptors (Lipinski definition) is 5. The molecule has 0 spiro atoms. The van der Waals surface area contributed by atoms with E-state index in [2.05, 4.69) is 20.3 Å². The molecule has 2 aromatic heterocycles. The number of nitrogens with one attached hydrogen (secondary N) is 2. The summed E-state index contributed by atoms with van der Waals surface area (Å²) in [7, 11) is 0. The van der Waals surface area contributed by atoms with Crippen LogP contribution < -0.4 is 10.9 Å². The van der Waals surface area contributed by atoms with Crippen LogP contribution in [-0.4, -0.2) is 20.9 Å². The number of benzene rings is 1. The van der Waals surface area contributed by atoms with Crippen LogP contribution in [0.4, 0.5) is 4.39 Å². The van der Waals surface area contributed by atoms with Crippen LogP contribution in [0.15, 0.2) is 23.1 Å². The minimum Gasteiger partial charge on any atom is -0.346 e. The van der Waals surface area contributed by atoms with Gasteiger partial charge in [-0.2, -0.15) is 5.26 Å². The highest BCUT2D eigenvalue weighted by Crippen LogP contribution is 2.24. The van der Waals surface area contributed by atoms with Gasteiger partial charge in [0.15, 0.2) is 5.82 Å². The molecule has 148 valence electrons. The highest BCUT2D eigenvalue weighted by molar-refractivity contribution is 5.88. The lowest BCUT2D eigenvalue weighted by atomic mass is 9.98. The second kappa shape index (κ2) is 7.80. The molecule has 0 aliphatic heterocycles. The molecule has 2 N–H and O–H groups in total. The Balaban J connectivity index is 1.86. The Morgan fingerprint density at radius 3 is 2.69 bits per heavy atom. The van der Waals surface area contributed by atoms with Crippen molar-refractivity contribution in [1.29, 1.82) is 5.26 Å². The second-order valence-corrected chi connectivity index (χ2v) is 6.96. The fourth-order valence-corrected chi connectivity index (χ4v) is 3.33. The number of carbonyl (C=O) groups is 1. The van der Waals surface area contributed by atoms with Gasteiger partial charge in [0.1, 0.15) is 11.9 Å². The number of hydrogen-bond donors (Lipinski definition) is 2. The number of H-pyrrole nitrogens is 1. The average Bonchev–Trinajstić information content (AvgIpc) is 2.67. The Morgan fingerprint density at radius 1 is 1.31 bits per heavy atom. The normalized spacial score (nSPS) is 11.9. The molecule has 0 radical (unpaired) electrons. The van der Waals surface area contributed by atoms with E-state index in [9.17, 15) is 14.0 Å². The van der Waals surface area contributed by atoms with Gasteiger partial charge in [-0.1, -0.05) is 0 Å². The molecule has 0 aliphatic carbocycles. The molecule has 1 amide bonds. The van der Waals surface area contributed by atoms with Crippen molar-refractivity contribution < 1.29 is 9.18 Å². The summed E-state index contributed by atoms with van der Waals surface area (Å²) in [6.07, 6.45) is 1.25. The number of carbonyl (C=O) groups excluding carboxylic acids is 1. The van der Waals surface area contributed by atoms with Gasteiger partial charge in [0.2, 0.25) is 5.91 Å². The molecule has 1 aromatic carbocycles. The molecule has 0 saturated carbocycles. The molecule has 0 fully saturated rings. The number of fused-ring (bicyclic) bond motifs is 1. The van der Waals surface area contributed by atoms with E-state index in [1.165, 1.54) is 18.3 Å². The van der Waals surface area contributed by atoms with E-state index < -0.39 is 6.04 Å². The molecule has 2 heterocycles. The first-order valence-electron chi connectivity index (χ1n) is 9.06. The SMILES string of the molecule is Cc1nc([C@@H](C)NC(=O)Cc2c(C)c3c(C)c(F)ccc3[nH]c2=O)ncc1C#N. The standard InChI is InChI=1S/C21H20FN5O2/c1-10-15(21(29)27-17-6-5-16(22)11(2)19(10)17)7-18(28)25-13(4)20-24-9-14(8-23)12(3)26-20/h5-6,9,13H,7H2,1-4H3,(H,25,28)(H,27,29)/t13-/m1/s1. The zero-order chi connectivity index (χ0) is 21.3. The summed E-state index contributed by atoms with van der Waals surface area (Å²) in [5.74, 6) is -0.382. The lowest BCUT2D eigenvalue weighted by molar-refractivity contribution is -0.121.